The van der Waals surface area contributed by atoms with Crippen molar-refractivity contribution in [1.82, 2.24) is 18.7 Å². The number of aromatic nitrogens is 4. The molecule has 0 saturated heterocycles. The number of benzene rings is 7. The minimum Gasteiger partial charge on any atom is -0.309 e. The van der Waals surface area contributed by atoms with Crippen molar-refractivity contribution in [2.75, 3.05) is 0 Å². The predicted molar refractivity (Wildman–Crippen MR) is 187 cm³/mol. The van der Waals surface area contributed by atoms with Gasteiger partial charge in [-0.2, -0.15) is 0 Å². The summed E-state index contributed by atoms with van der Waals surface area (Å²) in [7, 11) is 0. The molecule has 0 spiro atoms. The number of para-hydroxylation sites is 6. The molecule has 0 atom stereocenters. The first-order valence-electron chi connectivity index (χ1n) is 15.3. The molecule has 0 aliphatic carbocycles. The van der Waals surface area contributed by atoms with E-state index in [1.165, 1.54) is 49.0 Å². The Labute approximate surface area is 258 Å². The summed E-state index contributed by atoms with van der Waals surface area (Å²) in [6, 6.07) is 56.4. The molecule has 3 aromatic heterocycles. The average Bonchev–Trinajstić information content (AvgIpc) is 3.75. The number of hydrogen-bond donors (Lipinski definition) is 0. The number of imidazole rings is 1. The lowest BCUT2D eigenvalue weighted by Gasteiger charge is -2.12. The third-order valence-corrected chi connectivity index (χ3v) is 9.22. The average molecular weight is 575 g/mol. The van der Waals surface area contributed by atoms with Crippen molar-refractivity contribution < 1.29 is 0 Å². The fourth-order valence-electron chi connectivity index (χ4n) is 7.32. The Morgan fingerprint density at radius 2 is 0.956 bits per heavy atom. The van der Waals surface area contributed by atoms with E-state index in [2.05, 4.69) is 171 Å². The molecule has 0 radical (unpaired) electrons. The summed E-state index contributed by atoms with van der Waals surface area (Å²) in [5.41, 5.74) is 9.01. The standard InChI is InChI=1S/C41H26N4/c1-3-13-28(14-4-1)43-35-20-10-7-17-30(35)33-26-32-27(25-39(33)43)23-24-38-40(32)31-18-8-11-21-36(31)45(38)41-42-34-19-9-12-22-37(34)44(41)29-15-5-2-6-16-29/h1-26H. The van der Waals surface area contributed by atoms with E-state index in [0.717, 1.165) is 33.7 Å². The highest BCUT2D eigenvalue weighted by molar-refractivity contribution is 6.25. The Kier molecular flexibility index (Phi) is 4.96. The van der Waals surface area contributed by atoms with Gasteiger partial charge in [0.05, 0.1) is 33.1 Å². The molecule has 3 heterocycles. The Morgan fingerprint density at radius 3 is 1.71 bits per heavy atom. The van der Waals surface area contributed by atoms with Crippen molar-refractivity contribution in [3.05, 3.63) is 158 Å². The number of rotatable bonds is 3. The van der Waals surface area contributed by atoms with E-state index in [1.54, 1.807) is 0 Å². The summed E-state index contributed by atoms with van der Waals surface area (Å²) >= 11 is 0. The van der Waals surface area contributed by atoms with Crippen LogP contribution in [0.2, 0.25) is 0 Å². The Hall–Kier alpha value is -6.13. The first-order valence-corrected chi connectivity index (χ1v) is 15.3. The highest BCUT2D eigenvalue weighted by Gasteiger charge is 2.22. The van der Waals surface area contributed by atoms with Crippen LogP contribution in [-0.2, 0) is 0 Å². The second kappa shape index (κ2) is 9.18. The SMILES string of the molecule is c1ccc(-n2c(-n3c4ccccc4c4c5cc6c7ccccc7n(-c7ccccc7)c6cc5ccc43)nc3ccccc32)cc1. The van der Waals surface area contributed by atoms with Crippen LogP contribution in [0.25, 0.3) is 82.7 Å². The van der Waals surface area contributed by atoms with Crippen LogP contribution in [-0.4, -0.2) is 18.7 Å². The molecule has 0 saturated carbocycles. The Morgan fingerprint density at radius 1 is 0.356 bits per heavy atom. The van der Waals surface area contributed by atoms with Gasteiger partial charge in [0.1, 0.15) is 0 Å². The van der Waals surface area contributed by atoms with E-state index in [1.807, 2.05) is 0 Å². The molecule has 0 bridgehead atoms. The van der Waals surface area contributed by atoms with Crippen molar-refractivity contribution in [2.24, 2.45) is 0 Å². The Balaban J connectivity index is 1.35. The number of hydrogen-bond acceptors (Lipinski definition) is 1. The van der Waals surface area contributed by atoms with E-state index in [4.69, 9.17) is 4.98 Å². The van der Waals surface area contributed by atoms with E-state index in [9.17, 15) is 0 Å². The van der Waals surface area contributed by atoms with Crippen LogP contribution in [0.15, 0.2) is 158 Å². The number of nitrogens with zero attached hydrogens (tertiary/aromatic N) is 4. The van der Waals surface area contributed by atoms with Crippen molar-refractivity contribution >= 4 is 65.4 Å². The van der Waals surface area contributed by atoms with Crippen LogP contribution in [0.4, 0.5) is 0 Å². The molecule has 0 fully saturated rings. The van der Waals surface area contributed by atoms with Crippen LogP contribution >= 0.6 is 0 Å². The van der Waals surface area contributed by atoms with E-state index >= 15 is 0 Å². The first kappa shape index (κ1) is 24.3. The molecule has 7 aromatic carbocycles. The zero-order valence-corrected chi connectivity index (χ0v) is 24.3. The third kappa shape index (κ3) is 3.39. The number of fused-ring (bicyclic) bond motifs is 9. The third-order valence-electron chi connectivity index (χ3n) is 9.22. The summed E-state index contributed by atoms with van der Waals surface area (Å²) in [6.07, 6.45) is 0. The van der Waals surface area contributed by atoms with Gasteiger partial charge < -0.3 is 4.57 Å². The van der Waals surface area contributed by atoms with Crippen LogP contribution in [0, 0.1) is 0 Å². The van der Waals surface area contributed by atoms with Crippen molar-refractivity contribution in [2.45, 2.75) is 0 Å². The van der Waals surface area contributed by atoms with Crippen LogP contribution in [0.1, 0.15) is 0 Å². The molecular weight excluding hydrogens is 548 g/mol. The van der Waals surface area contributed by atoms with Crippen molar-refractivity contribution in [3.63, 3.8) is 0 Å². The summed E-state index contributed by atoms with van der Waals surface area (Å²) in [6.45, 7) is 0. The van der Waals surface area contributed by atoms with Crippen LogP contribution in [0.5, 0.6) is 0 Å². The van der Waals surface area contributed by atoms with Gasteiger partial charge in [-0.05, 0) is 77.5 Å². The highest BCUT2D eigenvalue weighted by Crippen LogP contribution is 2.41. The Bertz CT molecular complexity index is 2750. The van der Waals surface area contributed by atoms with E-state index in [-0.39, 0.29) is 0 Å². The topological polar surface area (TPSA) is 27.7 Å². The minimum absolute atomic E-state index is 0.884. The summed E-state index contributed by atoms with van der Waals surface area (Å²) < 4.78 is 7.01. The second-order valence-corrected chi connectivity index (χ2v) is 11.7. The first-order chi connectivity index (χ1) is 22.3. The maximum Gasteiger partial charge on any atom is 0.220 e. The molecule has 0 amide bonds. The zero-order chi connectivity index (χ0) is 29.5. The summed E-state index contributed by atoms with van der Waals surface area (Å²) in [5, 5.41) is 7.43. The molecule has 10 rings (SSSR count). The lowest BCUT2D eigenvalue weighted by atomic mass is 10.0. The molecule has 4 nitrogen and oxygen atoms in total. The van der Waals surface area contributed by atoms with Gasteiger partial charge >= 0.3 is 0 Å². The van der Waals surface area contributed by atoms with Gasteiger partial charge in [0.25, 0.3) is 0 Å². The van der Waals surface area contributed by atoms with Gasteiger partial charge in [-0.25, -0.2) is 4.98 Å². The monoisotopic (exact) mass is 574 g/mol. The van der Waals surface area contributed by atoms with Gasteiger partial charge in [0.15, 0.2) is 0 Å². The zero-order valence-electron chi connectivity index (χ0n) is 24.3. The minimum atomic E-state index is 0.884. The molecule has 4 heteroatoms. The van der Waals surface area contributed by atoms with Crippen molar-refractivity contribution in [3.8, 4) is 17.3 Å². The lowest BCUT2D eigenvalue weighted by molar-refractivity contribution is 0.956. The van der Waals surface area contributed by atoms with Gasteiger partial charge in [0, 0.05) is 32.9 Å². The summed E-state index contributed by atoms with van der Waals surface area (Å²) in [5.74, 6) is 0.884. The molecule has 45 heavy (non-hydrogen) atoms. The molecule has 0 aliphatic rings. The molecule has 0 aliphatic heterocycles. The van der Waals surface area contributed by atoms with Crippen LogP contribution < -0.4 is 0 Å². The lowest BCUT2D eigenvalue weighted by Crippen LogP contribution is -2.05. The molecule has 0 N–H and O–H groups in total. The van der Waals surface area contributed by atoms with Crippen molar-refractivity contribution in [1.29, 1.82) is 0 Å². The molecule has 0 unspecified atom stereocenters. The largest absolute Gasteiger partial charge is 0.309 e. The van der Waals surface area contributed by atoms with E-state index < -0.39 is 0 Å². The molecule has 210 valence electrons. The van der Waals surface area contributed by atoms with Crippen LogP contribution in [0.3, 0.4) is 0 Å². The van der Waals surface area contributed by atoms with Gasteiger partial charge in [0.2, 0.25) is 5.95 Å². The second-order valence-electron chi connectivity index (χ2n) is 11.7. The highest BCUT2D eigenvalue weighted by atomic mass is 15.2. The summed E-state index contributed by atoms with van der Waals surface area (Å²) in [4.78, 5) is 5.26. The van der Waals surface area contributed by atoms with Gasteiger partial charge in [-0.15, -0.1) is 0 Å². The fraction of sp³-hybridized carbons (Fsp3) is 0. The molecule has 10 aromatic rings. The maximum atomic E-state index is 5.26. The van der Waals surface area contributed by atoms with Gasteiger partial charge in [-0.3, -0.25) is 9.13 Å². The maximum absolute atomic E-state index is 5.26. The smallest absolute Gasteiger partial charge is 0.220 e. The van der Waals surface area contributed by atoms with Gasteiger partial charge in [-0.1, -0.05) is 91.0 Å². The fourth-order valence-corrected chi connectivity index (χ4v) is 7.32. The quantitative estimate of drug-likeness (QED) is 0.206. The van der Waals surface area contributed by atoms with E-state index in [0.29, 0.717) is 0 Å². The predicted octanol–water partition coefficient (Wildman–Crippen LogP) is 10.4. The molecular formula is C41H26N4. The normalized spacial score (nSPS) is 12.0.